The molecule has 5 heteroatoms. The Morgan fingerprint density at radius 2 is 2.28 bits per heavy atom. The number of nitrogens with one attached hydrogen (secondary N) is 1. The molecule has 18 heavy (non-hydrogen) atoms. The van der Waals surface area contributed by atoms with E-state index in [9.17, 15) is 4.39 Å². The zero-order valence-corrected chi connectivity index (χ0v) is 10.2. The second-order valence-electron chi connectivity index (χ2n) is 4.70. The fourth-order valence-corrected chi connectivity index (χ4v) is 1.99. The maximum absolute atomic E-state index is 13.9. The number of para-hydroxylation sites is 1. The molecule has 1 N–H and O–H groups in total. The van der Waals surface area contributed by atoms with Gasteiger partial charge in [-0.15, -0.1) is 5.10 Å². The van der Waals surface area contributed by atoms with Gasteiger partial charge in [-0.2, -0.15) is 0 Å². The van der Waals surface area contributed by atoms with Gasteiger partial charge in [-0.1, -0.05) is 17.3 Å². The molecule has 0 spiro atoms. The average molecular weight is 246 g/mol. The van der Waals surface area contributed by atoms with E-state index >= 15 is 0 Å². The van der Waals surface area contributed by atoms with Crippen molar-refractivity contribution in [3.05, 3.63) is 41.5 Å². The first-order valence-electron chi connectivity index (χ1n) is 6.14. The molecule has 0 atom stereocenters. The van der Waals surface area contributed by atoms with Gasteiger partial charge in [-0.05, 0) is 31.4 Å². The maximum Gasteiger partial charge on any atom is 0.149 e. The Morgan fingerprint density at radius 1 is 1.44 bits per heavy atom. The largest absolute Gasteiger partial charge is 0.308 e. The summed E-state index contributed by atoms with van der Waals surface area (Å²) in [6.07, 6.45) is 4.13. The Labute approximate surface area is 105 Å². The highest BCUT2D eigenvalue weighted by Gasteiger charge is 2.21. The van der Waals surface area contributed by atoms with Crippen LogP contribution in [0.25, 0.3) is 5.69 Å². The molecule has 0 radical (unpaired) electrons. The fraction of sp³-hybridized carbons (Fsp3) is 0.385. The molecule has 3 rings (SSSR count). The van der Waals surface area contributed by atoms with Crippen molar-refractivity contribution in [1.29, 1.82) is 0 Å². The van der Waals surface area contributed by atoms with E-state index in [2.05, 4.69) is 15.6 Å². The lowest BCUT2D eigenvalue weighted by Crippen LogP contribution is -2.18. The van der Waals surface area contributed by atoms with Gasteiger partial charge in [0.05, 0.1) is 11.9 Å². The van der Waals surface area contributed by atoms with Gasteiger partial charge in [0.15, 0.2) is 0 Å². The monoisotopic (exact) mass is 246 g/mol. The average Bonchev–Trinajstić information content (AvgIpc) is 3.06. The molecule has 0 amide bonds. The van der Waals surface area contributed by atoms with Crippen LogP contribution in [0.5, 0.6) is 0 Å². The van der Waals surface area contributed by atoms with Gasteiger partial charge in [-0.25, -0.2) is 9.07 Å². The van der Waals surface area contributed by atoms with E-state index in [1.165, 1.54) is 18.9 Å². The minimum atomic E-state index is -0.270. The summed E-state index contributed by atoms with van der Waals surface area (Å²) in [4.78, 5) is 0. The molecule has 1 fully saturated rings. The molecule has 2 aromatic rings. The Kier molecular flexibility index (Phi) is 2.83. The first-order valence-corrected chi connectivity index (χ1v) is 6.14. The standard InChI is InChI=1S/C13H15FN4/c1-9-3-2-4-12(14)13(9)18-11(8-16-17-18)7-15-10-5-6-10/h2-4,8,10,15H,5-7H2,1H3. The summed E-state index contributed by atoms with van der Waals surface area (Å²) in [6, 6.07) is 5.63. The fourth-order valence-electron chi connectivity index (χ4n) is 1.99. The van der Waals surface area contributed by atoms with Crippen molar-refractivity contribution in [3.63, 3.8) is 0 Å². The molecule has 1 saturated carbocycles. The van der Waals surface area contributed by atoms with Crippen LogP contribution in [0.1, 0.15) is 24.1 Å². The van der Waals surface area contributed by atoms with Crippen molar-refractivity contribution < 1.29 is 4.39 Å². The summed E-state index contributed by atoms with van der Waals surface area (Å²) in [5.41, 5.74) is 2.23. The normalized spacial score (nSPS) is 15.0. The van der Waals surface area contributed by atoms with Gasteiger partial charge in [0.1, 0.15) is 11.5 Å². The van der Waals surface area contributed by atoms with E-state index in [1.807, 2.05) is 13.0 Å². The molecule has 0 unspecified atom stereocenters. The van der Waals surface area contributed by atoms with Crippen LogP contribution in [0.2, 0.25) is 0 Å². The number of aromatic nitrogens is 3. The van der Waals surface area contributed by atoms with Crippen molar-refractivity contribution in [2.24, 2.45) is 0 Å². The molecule has 94 valence electrons. The summed E-state index contributed by atoms with van der Waals surface area (Å²) < 4.78 is 15.5. The molecular formula is C13H15FN4. The lowest BCUT2D eigenvalue weighted by atomic mass is 10.2. The predicted octanol–water partition coefficient (Wildman–Crippen LogP) is 1.97. The SMILES string of the molecule is Cc1cccc(F)c1-n1nncc1CNC1CC1. The van der Waals surface area contributed by atoms with E-state index < -0.39 is 0 Å². The number of nitrogens with zero attached hydrogens (tertiary/aromatic N) is 3. The van der Waals surface area contributed by atoms with Crippen LogP contribution in [0.3, 0.4) is 0 Å². The molecular weight excluding hydrogens is 231 g/mol. The van der Waals surface area contributed by atoms with Gasteiger partial charge in [-0.3, -0.25) is 0 Å². The molecule has 1 aromatic heterocycles. The lowest BCUT2D eigenvalue weighted by molar-refractivity contribution is 0.590. The van der Waals surface area contributed by atoms with Crippen LogP contribution >= 0.6 is 0 Å². The highest BCUT2D eigenvalue weighted by atomic mass is 19.1. The Hall–Kier alpha value is -1.75. The topological polar surface area (TPSA) is 42.7 Å². The zero-order chi connectivity index (χ0) is 12.5. The van der Waals surface area contributed by atoms with E-state index in [0.29, 0.717) is 18.3 Å². The molecule has 0 bridgehead atoms. The second-order valence-corrected chi connectivity index (χ2v) is 4.70. The molecule has 1 aliphatic carbocycles. The minimum Gasteiger partial charge on any atom is -0.308 e. The number of hydrogen-bond acceptors (Lipinski definition) is 3. The first kappa shape index (κ1) is 11.3. The first-order chi connectivity index (χ1) is 8.75. The Bertz CT molecular complexity index is 540. The molecule has 0 saturated heterocycles. The third-order valence-electron chi connectivity index (χ3n) is 3.17. The molecule has 1 aliphatic rings. The van der Waals surface area contributed by atoms with Gasteiger partial charge in [0.2, 0.25) is 0 Å². The number of halogens is 1. The summed E-state index contributed by atoms with van der Waals surface area (Å²) in [6.45, 7) is 2.55. The van der Waals surface area contributed by atoms with Crippen molar-refractivity contribution in [2.75, 3.05) is 0 Å². The van der Waals surface area contributed by atoms with Crippen LogP contribution < -0.4 is 5.32 Å². The smallest absolute Gasteiger partial charge is 0.149 e. The Morgan fingerprint density at radius 3 is 3.00 bits per heavy atom. The van der Waals surface area contributed by atoms with Crippen LogP contribution in [-0.4, -0.2) is 21.0 Å². The Balaban J connectivity index is 1.93. The van der Waals surface area contributed by atoms with Crippen LogP contribution in [0, 0.1) is 12.7 Å². The second kappa shape index (κ2) is 4.49. The van der Waals surface area contributed by atoms with Crippen molar-refractivity contribution in [3.8, 4) is 5.69 Å². The molecule has 1 aromatic carbocycles. The van der Waals surface area contributed by atoms with E-state index in [-0.39, 0.29) is 5.82 Å². The van der Waals surface area contributed by atoms with Gasteiger partial charge >= 0.3 is 0 Å². The van der Waals surface area contributed by atoms with Crippen molar-refractivity contribution >= 4 is 0 Å². The summed E-state index contributed by atoms with van der Waals surface area (Å²) >= 11 is 0. The van der Waals surface area contributed by atoms with Gasteiger partial charge in [0.25, 0.3) is 0 Å². The molecule has 0 aliphatic heterocycles. The number of benzene rings is 1. The van der Waals surface area contributed by atoms with E-state index in [0.717, 1.165) is 11.3 Å². The maximum atomic E-state index is 13.9. The zero-order valence-electron chi connectivity index (χ0n) is 10.2. The van der Waals surface area contributed by atoms with Gasteiger partial charge in [0, 0.05) is 12.6 Å². The third-order valence-corrected chi connectivity index (χ3v) is 3.17. The summed E-state index contributed by atoms with van der Waals surface area (Å²) in [5.74, 6) is -0.270. The van der Waals surface area contributed by atoms with E-state index in [1.54, 1.807) is 16.9 Å². The quantitative estimate of drug-likeness (QED) is 0.896. The molecule has 4 nitrogen and oxygen atoms in total. The highest BCUT2D eigenvalue weighted by Crippen LogP contribution is 2.21. The lowest BCUT2D eigenvalue weighted by Gasteiger charge is -2.10. The van der Waals surface area contributed by atoms with Crippen LogP contribution in [0.4, 0.5) is 4.39 Å². The van der Waals surface area contributed by atoms with Crippen molar-refractivity contribution in [1.82, 2.24) is 20.3 Å². The number of aryl methyl sites for hydroxylation is 1. The van der Waals surface area contributed by atoms with E-state index in [4.69, 9.17) is 0 Å². The predicted molar refractivity (Wildman–Crippen MR) is 65.9 cm³/mol. The third kappa shape index (κ3) is 2.13. The highest BCUT2D eigenvalue weighted by molar-refractivity contribution is 5.41. The molecule has 1 heterocycles. The number of rotatable bonds is 4. The van der Waals surface area contributed by atoms with Crippen molar-refractivity contribution in [2.45, 2.75) is 32.4 Å². The van der Waals surface area contributed by atoms with Crippen LogP contribution in [-0.2, 0) is 6.54 Å². The summed E-state index contributed by atoms with van der Waals surface area (Å²) in [7, 11) is 0. The number of hydrogen-bond donors (Lipinski definition) is 1. The van der Waals surface area contributed by atoms with Crippen LogP contribution in [0.15, 0.2) is 24.4 Å². The van der Waals surface area contributed by atoms with Gasteiger partial charge < -0.3 is 5.32 Å². The minimum absolute atomic E-state index is 0.270. The summed E-state index contributed by atoms with van der Waals surface area (Å²) in [5, 5.41) is 11.3.